The topological polar surface area (TPSA) is 54.4 Å². The lowest BCUT2D eigenvalue weighted by Crippen LogP contribution is -2.06. The fourth-order valence-electron chi connectivity index (χ4n) is 1.28. The van der Waals surface area contributed by atoms with Gasteiger partial charge in [-0.2, -0.15) is 0 Å². The van der Waals surface area contributed by atoms with E-state index in [0.29, 0.717) is 16.7 Å². The molecule has 0 amide bonds. The Labute approximate surface area is 82.4 Å². The van der Waals surface area contributed by atoms with Gasteiger partial charge < -0.3 is 5.11 Å². The standard InChI is InChI=1S/C11H12O3/c1-7-4-3-5-9(8(2)12)6-10(7)11(13)14/h3-5H,6H2,1-2H3,(H,13,14). The van der Waals surface area contributed by atoms with Crippen molar-refractivity contribution in [2.24, 2.45) is 0 Å². The molecule has 1 rings (SSSR count). The molecule has 0 fully saturated rings. The zero-order valence-corrected chi connectivity index (χ0v) is 8.20. The molecule has 0 spiro atoms. The van der Waals surface area contributed by atoms with E-state index in [9.17, 15) is 9.59 Å². The lowest BCUT2D eigenvalue weighted by molar-refractivity contribution is -0.132. The van der Waals surface area contributed by atoms with E-state index in [1.54, 1.807) is 25.2 Å². The van der Waals surface area contributed by atoms with Crippen LogP contribution >= 0.6 is 0 Å². The van der Waals surface area contributed by atoms with E-state index in [2.05, 4.69) is 0 Å². The molecule has 0 saturated carbocycles. The van der Waals surface area contributed by atoms with Gasteiger partial charge in [0.25, 0.3) is 0 Å². The van der Waals surface area contributed by atoms with Gasteiger partial charge in [0.2, 0.25) is 0 Å². The summed E-state index contributed by atoms with van der Waals surface area (Å²) in [6.07, 6.45) is 5.30. The van der Waals surface area contributed by atoms with Crippen LogP contribution in [0.1, 0.15) is 20.3 Å². The first-order valence-corrected chi connectivity index (χ1v) is 4.33. The number of carboxylic acids is 1. The first-order chi connectivity index (χ1) is 6.52. The first-order valence-electron chi connectivity index (χ1n) is 4.33. The smallest absolute Gasteiger partial charge is 0.332 e. The van der Waals surface area contributed by atoms with Gasteiger partial charge in [-0.05, 0) is 25.0 Å². The number of carboxylic acid groups (broad SMARTS) is 1. The quantitative estimate of drug-likeness (QED) is 0.726. The van der Waals surface area contributed by atoms with E-state index in [0.717, 1.165) is 0 Å². The van der Waals surface area contributed by atoms with E-state index in [-0.39, 0.29) is 12.2 Å². The molecule has 0 aromatic rings. The highest BCUT2D eigenvalue weighted by Gasteiger charge is 2.16. The number of Topliss-reactive ketones (excluding diaryl/α,β-unsaturated/α-hetero) is 1. The molecule has 1 N–H and O–H groups in total. The van der Waals surface area contributed by atoms with Crippen LogP contribution in [0.25, 0.3) is 0 Å². The van der Waals surface area contributed by atoms with Gasteiger partial charge in [-0.15, -0.1) is 0 Å². The van der Waals surface area contributed by atoms with Crippen LogP contribution in [0.3, 0.4) is 0 Å². The van der Waals surface area contributed by atoms with Gasteiger partial charge in [0.1, 0.15) is 0 Å². The minimum absolute atomic E-state index is 0.0805. The average molecular weight is 192 g/mol. The molecular formula is C11H12O3. The summed E-state index contributed by atoms with van der Waals surface area (Å²) in [4.78, 5) is 22.0. The van der Waals surface area contributed by atoms with Gasteiger partial charge in [0.15, 0.2) is 5.78 Å². The second kappa shape index (κ2) is 4.05. The minimum atomic E-state index is -0.957. The van der Waals surface area contributed by atoms with Crippen molar-refractivity contribution in [2.45, 2.75) is 20.3 Å². The molecule has 1 aliphatic rings. The summed E-state index contributed by atoms with van der Waals surface area (Å²) in [7, 11) is 0. The maximum atomic E-state index is 11.1. The Bertz CT molecular complexity index is 370. The third-order valence-electron chi connectivity index (χ3n) is 2.20. The Morgan fingerprint density at radius 3 is 2.57 bits per heavy atom. The fourth-order valence-corrected chi connectivity index (χ4v) is 1.28. The van der Waals surface area contributed by atoms with Crippen LogP contribution in [0.5, 0.6) is 0 Å². The molecule has 74 valence electrons. The van der Waals surface area contributed by atoms with Gasteiger partial charge in [-0.3, -0.25) is 4.79 Å². The number of carbonyl (C=O) groups is 2. The number of hydrogen-bond donors (Lipinski definition) is 1. The average Bonchev–Trinajstić information content (AvgIpc) is 2.26. The second-order valence-electron chi connectivity index (χ2n) is 3.25. The van der Waals surface area contributed by atoms with Crippen molar-refractivity contribution in [1.29, 1.82) is 0 Å². The predicted octanol–water partition coefficient (Wildman–Crippen LogP) is 1.86. The van der Waals surface area contributed by atoms with Crippen LogP contribution in [-0.2, 0) is 9.59 Å². The molecule has 14 heavy (non-hydrogen) atoms. The summed E-state index contributed by atoms with van der Waals surface area (Å²) in [5.74, 6) is -1.04. The summed E-state index contributed by atoms with van der Waals surface area (Å²) < 4.78 is 0. The van der Waals surface area contributed by atoms with Gasteiger partial charge in [-0.25, -0.2) is 4.79 Å². The van der Waals surface area contributed by atoms with Gasteiger partial charge >= 0.3 is 5.97 Å². The molecule has 3 heteroatoms. The molecule has 0 radical (unpaired) electrons. The molecule has 0 heterocycles. The summed E-state index contributed by atoms with van der Waals surface area (Å²) in [5.41, 5.74) is 1.53. The maximum Gasteiger partial charge on any atom is 0.332 e. The van der Waals surface area contributed by atoms with E-state index in [1.807, 2.05) is 0 Å². The number of hydrogen-bond acceptors (Lipinski definition) is 2. The monoisotopic (exact) mass is 192 g/mol. The van der Waals surface area contributed by atoms with Crippen molar-refractivity contribution in [3.8, 4) is 0 Å². The van der Waals surface area contributed by atoms with E-state index >= 15 is 0 Å². The molecule has 0 saturated heterocycles. The minimum Gasteiger partial charge on any atom is -0.478 e. The van der Waals surface area contributed by atoms with Crippen molar-refractivity contribution < 1.29 is 14.7 Å². The Balaban J connectivity index is 3.08. The molecule has 1 aliphatic carbocycles. The van der Waals surface area contributed by atoms with Crippen LogP contribution in [0.15, 0.2) is 34.9 Å². The zero-order valence-electron chi connectivity index (χ0n) is 8.20. The Morgan fingerprint density at radius 1 is 1.43 bits per heavy atom. The summed E-state index contributed by atoms with van der Waals surface area (Å²) in [6, 6.07) is 0. The lowest BCUT2D eigenvalue weighted by Gasteiger charge is -2.04. The zero-order chi connectivity index (χ0) is 10.7. The molecule has 0 aromatic carbocycles. The SMILES string of the molecule is CC(=O)C1=CC=CC(C)=C(C(=O)O)C1. The highest BCUT2D eigenvalue weighted by Crippen LogP contribution is 2.20. The molecular weight excluding hydrogens is 180 g/mol. The van der Waals surface area contributed by atoms with Crippen molar-refractivity contribution in [3.05, 3.63) is 34.9 Å². The maximum absolute atomic E-state index is 11.1. The van der Waals surface area contributed by atoms with E-state index in [1.165, 1.54) is 6.92 Å². The van der Waals surface area contributed by atoms with Crippen LogP contribution in [-0.4, -0.2) is 16.9 Å². The summed E-state index contributed by atoms with van der Waals surface area (Å²) >= 11 is 0. The predicted molar refractivity (Wildman–Crippen MR) is 52.9 cm³/mol. The second-order valence-corrected chi connectivity index (χ2v) is 3.25. The molecule has 0 bridgehead atoms. The molecule has 0 aromatic heterocycles. The summed E-state index contributed by atoms with van der Waals surface area (Å²) in [5, 5.41) is 8.90. The number of aliphatic carboxylic acids is 1. The van der Waals surface area contributed by atoms with Gasteiger partial charge in [0, 0.05) is 12.0 Å². The highest BCUT2D eigenvalue weighted by atomic mass is 16.4. The largest absolute Gasteiger partial charge is 0.478 e. The van der Waals surface area contributed by atoms with E-state index in [4.69, 9.17) is 5.11 Å². The third kappa shape index (κ3) is 2.19. The lowest BCUT2D eigenvalue weighted by atomic mass is 10.0. The van der Waals surface area contributed by atoms with Crippen LogP contribution in [0, 0.1) is 0 Å². The molecule has 0 unspecified atom stereocenters. The van der Waals surface area contributed by atoms with Crippen molar-refractivity contribution in [1.82, 2.24) is 0 Å². The van der Waals surface area contributed by atoms with Crippen molar-refractivity contribution in [2.75, 3.05) is 0 Å². The molecule has 0 aliphatic heterocycles. The molecule has 3 nitrogen and oxygen atoms in total. The van der Waals surface area contributed by atoms with Crippen LogP contribution in [0.2, 0.25) is 0 Å². The molecule has 0 atom stereocenters. The third-order valence-corrected chi connectivity index (χ3v) is 2.20. The summed E-state index contributed by atoms with van der Waals surface area (Å²) in [6.45, 7) is 3.18. The number of carbonyl (C=O) groups excluding carboxylic acids is 1. The highest BCUT2D eigenvalue weighted by molar-refractivity contribution is 5.98. The number of allylic oxidation sites excluding steroid dienone is 5. The van der Waals surface area contributed by atoms with E-state index < -0.39 is 5.97 Å². The Kier molecular flexibility index (Phi) is 3.02. The van der Waals surface area contributed by atoms with Gasteiger partial charge in [-0.1, -0.05) is 18.2 Å². The van der Waals surface area contributed by atoms with Crippen molar-refractivity contribution >= 4 is 11.8 Å². The van der Waals surface area contributed by atoms with Crippen LogP contribution < -0.4 is 0 Å². The Morgan fingerprint density at radius 2 is 2.07 bits per heavy atom. The first kappa shape index (κ1) is 10.4. The Hall–Kier alpha value is -1.64. The van der Waals surface area contributed by atoms with Crippen LogP contribution in [0.4, 0.5) is 0 Å². The number of rotatable bonds is 2. The fraction of sp³-hybridized carbons (Fsp3) is 0.273. The van der Waals surface area contributed by atoms with Crippen molar-refractivity contribution in [3.63, 3.8) is 0 Å². The normalized spacial score (nSPS) is 16.3. The van der Waals surface area contributed by atoms with Gasteiger partial charge in [0.05, 0.1) is 0 Å². The number of ketones is 1.